The molecule has 8 heavy (non-hydrogen) atoms. The Morgan fingerprint density at radius 1 is 1.38 bits per heavy atom. The Kier molecular flexibility index (Phi) is 6.39. The molecule has 0 aromatic heterocycles. The summed E-state index contributed by atoms with van der Waals surface area (Å²) in [5.41, 5.74) is 0. The van der Waals surface area contributed by atoms with E-state index >= 15 is 0 Å². The lowest BCUT2D eigenvalue weighted by atomic mass is 10.3. The van der Waals surface area contributed by atoms with Gasteiger partial charge in [-0.25, -0.2) is 0 Å². The van der Waals surface area contributed by atoms with Crippen LogP contribution in [0.4, 0.5) is 0 Å². The van der Waals surface area contributed by atoms with E-state index in [0.717, 1.165) is 13.0 Å². The second-order valence-corrected chi connectivity index (χ2v) is 1.82. The van der Waals surface area contributed by atoms with Crippen molar-refractivity contribution in [1.29, 1.82) is 0 Å². The van der Waals surface area contributed by atoms with Crippen LogP contribution in [0.15, 0.2) is 4.99 Å². The van der Waals surface area contributed by atoms with Crippen molar-refractivity contribution in [1.82, 2.24) is 0 Å². The maximum atomic E-state index is 4.08. The van der Waals surface area contributed by atoms with Crippen LogP contribution in [0, 0.1) is 0 Å². The Bertz CT molecular complexity index is 57.4. The fourth-order valence-electron chi connectivity index (χ4n) is 0.516. The van der Waals surface area contributed by atoms with Gasteiger partial charge in [0.15, 0.2) is 0 Å². The molecule has 0 saturated carbocycles. The van der Waals surface area contributed by atoms with Gasteiger partial charge in [0.1, 0.15) is 0 Å². The van der Waals surface area contributed by atoms with Crippen LogP contribution in [-0.4, -0.2) is 12.8 Å². The molecule has 0 amide bonds. The largest absolute Gasteiger partial charge is 0.298 e. The van der Waals surface area contributed by atoms with Crippen LogP contribution in [0.2, 0.25) is 0 Å². The van der Waals surface area contributed by atoms with E-state index in [9.17, 15) is 0 Å². The Morgan fingerprint density at radius 3 is 2.62 bits per heavy atom. The molecule has 0 aromatic rings. The SMILES string of the molecule is CCCCC=NCC. The molecule has 0 N–H and O–H groups in total. The molecule has 0 rings (SSSR count). The summed E-state index contributed by atoms with van der Waals surface area (Å²) >= 11 is 0. The summed E-state index contributed by atoms with van der Waals surface area (Å²) in [5, 5.41) is 0. The highest BCUT2D eigenvalue weighted by atomic mass is 14.7. The first-order valence-corrected chi connectivity index (χ1v) is 3.40. The first-order valence-electron chi connectivity index (χ1n) is 3.40. The molecule has 0 heterocycles. The average molecular weight is 113 g/mol. The number of hydrogen-bond donors (Lipinski definition) is 0. The molecular formula is C7H15N. The normalized spacial score (nSPS) is 10.8. The topological polar surface area (TPSA) is 12.4 Å². The predicted molar refractivity (Wildman–Crippen MR) is 38.6 cm³/mol. The van der Waals surface area contributed by atoms with Gasteiger partial charge in [0.05, 0.1) is 0 Å². The first-order chi connectivity index (χ1) is 3.91. The van der Waals surface area contributed by atoms with Crippen LogP contribution in [0.5, 0.6) is 0 Å². The predicted octanol–water partition coefficient (Wildman–Crippen LogP) is 2.27. The summed E-state index contributed by atoms with van der Waals surface area (Å²) in [6.45, 7) is 5.19. The monoisotopic (exact) mass is 113 g/mol. The Hall–Kier alpha value is -0.330. The number of aliphatic imine (C=N–C) groups is 1. The fourth-order valence-corrected chi connectivity index (χ4v) is 0.516. The summed E-state index contributed by atoms with van der Waals surface area (Å²) in [6.07, 6.45) is 5.73. The first kappa shape index (κ1) is 7.67. The summed E-state index contributed by atoms with van der Waals surface area (Å²) in [6, 6.07) is 0. The highest BCUT2D eigenvalue weighted by Crippen LogP contribution is 1.88. The highest BCUT2D eigenvalue weighted by Gasteiger charge is 1.75. The van der Waals surface area contributed by atoms with Gasteiger partial charge in [0.2, 0.25) is 0 Å². The van der Waals surface area contributed by atoms with E-state index in [1.807, 2.05) is 6.21 Å². The van der Waals surface area contributed by atoms with E-state index in [1.165, 1.54) is 12.8 Å². The molecule has 1 heteroatoms. The molecule has 0 aromatic carbocycles. The minimum Gasteiger partial charge on any atom is -0.298 e. The molecule has 0 spiro atoms. The van der Waals surface area contributed by atoms with E-state index in [1.54, 1.807) is 0 Å². The third kappa shape index (κ3) is 5.67. The van der Waals surface area contributed by atoms with Crippen molar-refractivity contribution in [2.75, 3.05) is 6.54 Å². The van der Waals surface area contributed by atoms with Gasteiger partial charge in [0.25, 0.3) is 0 Å². The molecule has 0 fully saturated rings. The summed E-state index contributed by atoms with van der Waals surface area (Å²) < 4.78 is 0. The average Bonchev–Trinajstić information content (AvgIpc) is 1.81. The molecule has 0 aliphatic carbocycles. The maximum absolute atomic E-state index is 4.08. The molecule has 0 radical (unpaired) electrons. The number of nitrogens with zero attached hydrogens (tertiary/aromatic N) is 1. The second kappa shape index (κ2) is 6.67. The zero-order chi connectivity index (χ0) is 6.24. The minimum absolute atomic E-state index is 0.934. The third-order valence-corrected chi connectivity index (χ3v) is 0.998. The van der Waals surface area contributed by atoms with Gasteiger partial charge in [-0.3, -0.25) is 4.99 Å². The van der Waals surface area contributed by atoms with E-state index < -0.39 is 0 Å². The number of hydrogen-bond acceptors (Lipinski definition) is 1. The van der Waals surface area contributed by atoms with Crippen LogP contribution >= 0.6 is 0 Å². The molecule has 1 nitrogen and oxygen atoms in total. The summed E-state index contributed by atoms with van der Waals surface area (Å²) in [5.74, 6) is 0. The van der Waals surface area contributed by atoms with Crippen LogP contribution in [-0.2, 0) is 0 Å². The van der Waals surface area contributed by atoms with E-state index in [2.05, 4.69) is 18.8 Å². The molecule has 0 saturated heterocycles. The van der Waals surface area contributed by atoms with Gasteiger partial charge < -0.3 is 0 Å². The van der Waals surface area contributed by atoms with Gasteiger partial charge >= 0.3 is 0 Å². The van der Waals surface area contributed by atoms with Gasteiger partial charge in [-0.15, -0.1) is 0 Å². The van der Waals surface area contributed by atoms with Crippen molar-refractivity contribution in [2.45, 2.75) is 33.1 Å². The molecule has 0 aliphatic rings. The van der Waals surface area contributed by atoms with Gasteiger partial charge in [-0.2, -0.15) is 0 Å². The molecular weight excluding hydrogens is 98.1 g/mol. The van der Waals surface area contributed by atoms with Gasteiger partial charge in [0, 0.05) is 6.54 Å². The lowest BCUT2D eigenvalue weighted by Crippen LogP contribution is -1.75. The Balaban J connectivity index is 2.80. The molecule has 0 unspecified atom stereocenters. The Morgan fingerprint density at radius 2 is 2.12 bits per heavy atom. The van der Waals surface area contributed by atoms with Crippen LogP contribution < -0.4 is 0 Å². The third-order valence-electron chi connectivity index (χ3n) is 0.998. The minimum atomic E-state index is 0.934. The Labute approximate surface area is 51.8 Å². The van der Waals surface area contributed by atoms with Gasteiger partial charge in [-0.1, -0.05) is 13.3 Å². The second-order valence-electron chi connectivity index (χ2n) is 1.82. The molecule has 0 aliphatic heterocycles. The van der Waals surface area contributed by atoms with Crippen LogP contribution in [0.3, 0.4) is 0 Å². The quantitative estimate of drug-likeness (QED) is 0.391. The molecule has 48 valence electrons. The molecule has 0 bridgehead atoms. The van der Waals surface area contributed by atoms with E-state index in [-0.39, 0.29) is 0 Å². The van der Waals surface area contributed by atoms with Crippen molar-refractivity contribution >= 4 is 6.21 Å². The van der Waals surface area contributed by atoms with Crippen molar-refractivity contribution in [3.8, 4) is 0 Å². The standard InChI is InChI=1S/C7H15N/c1-3-5-6-7-8-4-2/h7H,3-6H2,1-2H3. The van der Waals surface area contributed by atoms with Gasteiger partial charge in [-0.05, 0) is 26.0 Å². The van der Waals surface area contributed by atoms with Crippen molar-refractivity contribution in [3.05, 3.63) is 0 Å². The lowest BCUT2D eigenvalue weighted by Gasteiger charge is -1.85. The van der Waals surface area contributed by atoms with E-state index in [0.29, 0.717) is 0 Å². The van der Waals surface area contributed by atoms with Crippen molar-refractivity contribution < 1.29 is 0 Å². The van der Waals surface area contributed by atoms with Crippen molar-refractivity contribution in [3.63, 3.8) is 0 Å². The zero-order valence-corrected chi connectivity index (χ0v) is 5.85. The highest BCUT2D eigenvalue weighted by molar-refractivity contribution is 5.56. The maximum Gasteiger partial charge on any atom is 0.0357 e. The zero-order valence-electron chi connectivity index (χ0n) is 5.85. The fraction of sp³-hybridized carbons (Fsp3) is 0.857. The van der Waals surface area contributed by atoms with Crippen molar-refractivity contribution in [2.24, 2.45) is 4.99 Å². The number of unbranched alkanes of at least 4 members (excludes halogenated alkanes) is 2. The summed E-state index contributed by atoms with van der Waals surface area (Å²) in [4.78, 5) is 4.08. The van der Waals surface area contributed by atoms with E-state index in [4.69, 9.17) is 0 Å². The smallest absolute Gasteiger partial charge is 0.0357 e. The lowest BCUT2D eigenvalue weighted by molar-refractivity contribution is 0.840. The summed E-state index contributed by atoms with van der Waals surface area (Å²) in [7, 11) is 0. The number of rotatable bonds is 4. The van der Waals surface area contributed by atoms with Crippen LogP contribution in [0.1, 0.15) is 33.1 Å². The van der Waals surface area contributed by atoms with Crippen LogP contribution in [0.25, 0.3) is 0 Å². The molecule has 0 atom stereocenters.